The van der Waals surface area contributed by atoms with Crippen molar-refractivity contribution in [3.63, 3.8) is 0 Å². The summed E-state index contributed by atoms with van der Waals surface area (Å²) in [5.74, 6) is 0.915. The molecule has 0 aliphatic heterocycles. The SMILES string of the molecule is CCOc1ccc2c(c1)sc1nc(-c3ccccc3)cn12. The van der Waals surface area contributed by atoms with Crippen molar-refractivity contribution >= 4 is 26.5 Å². The van der Waals surface area contributed by atoms with Gasteiger partial charge in [-0.3, -0.25) is 4.40 Å². The molecule has 0 saturated carbocycles. The molecule has 2 aromatic heterocycles. The molecule has 0 fully saturated rings. The molecule has 4 rings (SSSR count). The Morgan fingerprint density at radius 2 is 2.00 bits per heavy atom. The first-order valence-electron chi connectivity index (χ1n) is 6.95. The molecule has 0 radical (unpaired) electrons. The van der Waals surface area contributed by atoms with Crippen molar-refractivity contribution in [2.45, 2.75) is 6.92 Å². The van der Waals surface area contributed by atoms with E-state index in [0.29, 0.717) is 6.61 Å². The first-order valence-corrected chi connectivity index (χ1v) is 7.76. The Bertz CT molecular complexity index is 908. The molecule has 0 N–H and O–H groups in total. The van der Waals surface area contributed by atoms with E-state index in [2.05, 4.69) is 34.9 Å². The van der Waals surface area contributed by atoms with Crippen LogP contribution in [0.25, 0.3) is 26.4 Å². The van der Waals surface area contributed by atoms with E-state index in [1.807, 2.05) is 31.2 Å². The molecular weight excluding hydrogens is 280 g/mol. The molecule has 21 heavy (non-hydrogen) atoms. The van der Waals surface area contributed by atoms with Crippen LogP contribution in [0, 0.1) is 0 Å². The fourth-order valence-corrected chi connectivity index (χ4v) is 3.52. The first-order chi connectivity index (χ1) is 10.3. The van der Waals surface area contributed by atoms with Crippen molar-refractivity contribution in [3.05, 3.63) is 54.7 Å². The molecule has 0 unspecified atom stereocenters. The highest BCUT2D eigenvalue weighted by molar-refractivity contribution is 7.23. The number of aromatic nitrogens is 2. The van der Waals surface area contributed by atoms with E-state index in [-0.39, 0.29) is 0 Å². The predicted molar refractivity (Wildman–Crippen MR) is 87.2 cm³/mol. The molecule has 0 amide bonds. The fraction of sp³-hybridized carbons (Fsp3) is 0.118. The molecule has 0 bridgehead atoms. The lowest BCUT2D eigenvalue weighted by Gasteiger charge is -2.01. The van der Waals surface area contributed by atoms with E-state index in [4.69, 9.17) is 9.72 Å². The highest BCUT2D eigenvalue weighted by Crippen LogP contribution is 2.31. The minimum Gasteiger partial charge on any atom is -0.494 e. The second-order valence-corrected chi connectivity index (χ2v) is 5.82. The topological polar surface area (TPSA) is 26.5 Å². The fourth-order valence-electron chi connectivity index (χ4n) is 2.49. The Labute approximate surface area is 126 Å². The summed E-state index contributed by atoms with van der Waals surface area (Å²) in [5, 5.41) is 0. The summed E-state index contributed by atoms with van der Waals surface area (Å²) in [6.45, 7) is 2.68. The van der Waals surface area contributed by atoms with Gasteiger partial charge in [-0.15, -0.1) is 0 Å². The minimum atomic E-state index is 0.687. The number of nitrogens with zero attached hydrogens (tertiary/aromatic N) is 2. The van der Waals surface area contributed by atoms with E-state index in [1.54, 1.807) is 11.3 Å². The van der Waals surface area contributed by atoms with Crippen molar-refractivity contribution in [1.82, 2.24) is 9.38 Å². The average molecular weight is 294 g/mol. The molecular formula is C17H14N2OS. The van der Waals surface area contributed by atoms with Gasteiger partial charge in [-0.05, 0) is 25.1 Å². The van der Waals surface area contributed by atoms with Gasteiger partial charge in [0.15, 0.2) is 4.96 Å². The number of fused-ring (bicyclic) bond motifs is 3. The van der Waals surface area contributed by atoms with Crippen molar-refractivity contribution < 1.29 is 4.74 Å². The van der Waals surface area contributed by atoms with Crippen molar-refractivity contribution in [2.24, 2.45) is 0 Å². The maximum atomic E-state index is 5.56. The van der Waals surface area contributed by atoms with Crippen LogP contribution in [-0.2, 0) is 0 Å². The Kier molecular flexibility index (Phi) is 2.89. The van der Waals surface area contributed by atoms with Gasteiger partial charge in [-0.1, -0.05) is 41.7 Å². The molecule has 0 aliphatic carbocycles. The molecule has 0 aliphatic rings. The van der Waals surface area contributed by atoms with Crippen LogP contribution in [0.4, 0.5) is 0 Å². The average Bonchev–Trinajstić information content (AvgIpc) is 3.05. The summed E-state index contributed by atoms with van der Waals surface area (Å²) >= 11 is 1.69. The Morgan fingerprint density at radius 1 is 1.14 bits per heavy atom. The van der Waals surface area contributed by atoms with E-state index in [1.165, 1.54) is 10.2 Å². The summed E-state index contributed by atoms with van der Waals surface area (Å²) in [7, 11) is 0. The van der Waals surface area contributed by atoms with Gasteiger partial charge in [0.25, 0.3) is 0 Å². The summed E-state index contributed by atoms with van der Waals surface area (Å²) < 4.78 is 8.90. The van der Waals surface area contributed by atoms with Crippen LogP contribution in [0.5, 0.6) is 5.75 Å². The lowest BCUT2D eigenvalue weighted by atomic mass is 10.2. The third-order valence-electron chi connectivity index (χ3n) is 3.45. The highest BCUT2D eigenvalue weighted by Gasteiger charge is 2.10. The maximum Gasteiger partial charge on any atom is 0.195 e. The molecule has 0 atom stereocenters. The summed E-state index contributed by atoms with van der Waals surface area (Å²) in [5.41, 5.74) is 3.33. The molecule has 2 heterocycles. The number of benzene rings is 2. The smallest absolute Gasteiger partial charge is 0.195 e. The second kappa shape index (κ2) is 4.90. The number of thiazole rings is 1. The van der Waals surface area contributed by atoms with E-state index in [9.17, 15) is 0 Å². The highest BCUT2D eigenvalue weighted by atomic mass is 32.1. The second-order valence-electron chi connectivity index (χ2n) is 4.81. The maximum absolute atomic E-state index is 5.56. The van der Waals surface area contributed by atoms with E-state index in [0.717, 1.165) is 22.0 Å². The normalized spacial score (nSPS) is 11.3. The largest absolute Gasteiger partial charge is 0.494 e. The van der Waals surface area contributed by atoms with E-state index < -0.39 is 0 Å². The number of hydrogen-bond acceptors (Lipinski definition) is 3. The lowest BCUT2D eigenvalue weighted by molar-refractivity contribution is 0.341. The molecule has 4 heteroatoms. The van der Waals surface area contributed by atoms with Gasteiger partial charge in [0.1, 0.15) is 5.75 Å². The number of rotatable bonds is 3. The first kappa shape index (κ1) is 12.4. The van der Waals surface area contributed by atoms with Crippen LogP contribution in [0.3, 0.4) is 0 Å². The molecule has 2 aromatic carbocycles. The van der Waals surface area contributed by atoms with Gasteiger partial charge in [0.05, 0.1) is 22.5 Å². The van der Waals surface area contributed by atoms with E-state index >= 15 is 0 Å². The number of ether oxygens (including phenoxy) is 1. The molecule has 3 nitrogen and oxygen atoms in total. The van der Waals surface area contributed by atoms with Crippen LogP contribution in [0.15, 0.2) is 54.7 Å². The summed E-state index contributed by atoms with van der Waals surface area (Å²) in [6, 6.07) is 16.5. The Hall–Kier alpha value is -2.33. The predicted octanol–water partition coefficient (Wildman–Crippen LogP) is 4.61. The van der Waals surface area contributed by atoms with Crippen molar-refractivity contribution in [2.75, 3.05) is 6.61 Å². The third-order valence-corrected chi connectivity index (χ3v) is 4.46. The van der Waals surface area contributed by atoms with Crippen molar-refractivity contribution in [3.8, 4) is 17.0 Å². The minimum absolute atomic E-state index is 0.687. The van der Waals surface area contributed by atoms with Gasteiger partial charge in [-0.25, -0.2) is 4.98 Å². The van der Waals surface area contributed by atoms with Crippen LogP contribution in [-0.4, -0.2) is 16.0 Å². The summed E-state index contributed by atoms with van der Waals surface area (Å²) in [6.07, 6.45) is 2.10. The van der Waals surface area contributed by atoms with Gasteiger partial charge in [0, 0.05) is 11.8 Å². The van der Waals surface area contributed by atoms with Gasteiger partial charge >= 0.3 is 0 Å². The number of imidazole rings is 1. The van der Waals surface area contributed by atoms with Crippen LogP contribution < -0.4 is 4.74 Å². The zero-order valence-corrected chi connectivity index (χ0v) is 12.4. The standard InChI is InChI=1S/C17H14N2OS/c1-2-20-13-8-9-15-16(10-13)21-17-18-14(11-19(15)17)12-6-4-3-5-7-12/h3-11H,2H2,1H3. The summed E-state index contributed by atoms with van der Waals surface area (Å²) in [4.78, 5) is 5.75. The van der Waals surface area contributed by atoms with Crippen LogP contribution in [0.1, 0.15) is 6.92 Å². The van der Waals surface area contributed by atoms with Crippen LogP contribution >= 0.6 is 11.3 Å². The monoisotopic (exact) mass is 294 g/mol. The van der Waals surface area contributed by atoms with Gasteiger partial charge in [0.2, 0.25) is 0 Å². The zero-order valence-electron chi connectivity index (χ0n) is 11.6. The van der Waals surface area contributed by atoms with Gasteiger partial charge < -0.3 is 4.74 Å². The van der Waals surface area contributed by atoms with Gasteiger partial charge in [-0.2, -0.15) is 0 Å². The molecule has 4 aromatic rings. The molecule has 0 saturated heterocycles. The third kappa shape index (κ3) is 2.08. The van der Waals surface area contributed by atoms with Crippen molar-refractivity contribution in [1.29, 1.82) is 0 Å². The Balaban J connectivity index is 1.86. The van der Waals surface area contributed by atoms with Crippen LogP contribution in [0.2, 0.25) is 0 Å². The number of hydrogen-bond donors (Lipinski definition) is 0. The quantitative estimate of drug-likeness (QED) is 0.551. The molecule has 104 valence electrons. The lowest BCUT2D eigenvalue weighted by Crippen LogP contribution is -1.90. The zero-order chi connectivity index (χ0) is 14.2. The Morgan fingerprint density at radius 3 is 2.81 bits per heavy atom. The molecule has 0 spiro atoms.